The molecule has 0 aliphatic heterocycles. The predicted octanol–water partition coefficient (Wildman–Crippen LogP) is 3.70. The summed E-state index contributed by atoms with van der Waals surface area (Å²) in [5, 5.41) is 6.85. The van der Waals surface area contributed by atoms with Crippen LogP contribution in [0.3, 0.4) is 0 Å². The number of hydrogen-bond donors (Lipinski definition) is 1. The van der Waals surface area contributed by atoms with Crippen molar-refractivity contribution >= 4 is 5.91 Å². The number of carbonyl (C=O) groups excluding carboxylic acids is 1. The van der Waals surface area contributed by atoms with Gasteiger partial charge in [-0.25, -0.2) is 0 Å². The molecule has 0 bridgehead atoms. The van der Waals surface area contributed by atoms with Gasteiger partial charge in [0.25, 0.3) is 11.8 Å². The first-order valence-corrected chi connectivity index (χ1v) is 8.66. The molecule has 0 fully saturated rings. The second-order valence-electron chi connectivity index (χ2n) is 5.78. The second kappa shape index (κ2) is 8.80. The van der Waals surface area contributed by atoms with Crippen LogP contribution in [0.15, 0.2) is 59.1 Å². The van der Waals surface area contributed by atoms with Crippen LogP contribution in [0, 0.1) is 0 Å². The maximum absolute atomic E-state index is 11.8. The van der Waals surface area contributed by atoms with Crippen molar-refractivity contribution in [1.82, 2.24) is 15.5 Å². The lowest BCUT2D eigenvalue weighted by Crippen LogP contribution is -2.29. The molecule has 6 nitrogen and oxygen atoms in total. The van der Waals surface area contributed by atoms with Crippen molar-refractivity contribution in [2.75, 3.05) is 13.2 Å². The summed E-state index contributed by atoms with van der Waals surface area (Å²) in [4.78, 5) is 16.3. The van der Waals surface area contributed by atoms with Crippen molar-refractivity contribution < 1.29 is 14.1 Å². The van der Waals surface area contributed by atoms with Gasteiger partial charge < -0.3 is 14.6 Å². The first kappa shape index (κ1) is 17.7. The Labute approximate surface area is 152 Å². The van der Waals surface area contributed by atoms with Gasteiger partial charge in [0, 0.05) is 12.1 Å². The molecule has 0 saturated heterocycles. The van der Waals surface area contributed by atoms with Crippen molar-refractivity contribution in [3.63, 3.8) is 0 Å². The van der Waals surface area contributed by atoms with Gasteiger partial charge in [-0.15, -0.1) is 0 Å². The maximum Gasteiger partial charge on any atom is 0.262 e. The van der Waals surface area contributed by atoms with E-state index in [2.05, 4.69) is 22.4 Å². The second-order valence-corrected chi connectivity index (χ2v) is 5.78. The van der Waals surface area contributed by atoms with E-state index in [1.165, 1.54) is 0 Å². The van der Waals surface area contributed by atoms with Gasteiger partial charge in [0.1, 0.15) is 5.75 Å². The minimum atomic E-state index is -0.149. The highest BCUT2D eigenvalue weighted by atomic mass is 16.5. The summed E-state index contributed by atoms with van der Waals surface area (Å²) < 4.78 is 11.0. The summed E-state index contributed by atoms with van der Waals surface area (Å²) >= 11 is 0. The Kier molecular flexibility index (Phi) is 5.98. The van der Waals surface area contributed by atoms with E-state index in [4.69, 9.17) is 9.26 Å². The number of hydrogen-bond acceptors (Lipinski definition) is 5. The van der Waals surface area contributed by atoms with Crippen LogP contribution in [0.1, 0.15) is 19.8 Å². The number of ether oxygens (including phenoxy) is 1. The summed E-state index contributed by atoms with van der Waals surface area (Å²) in [6.07, 6.45) is 1.98. The van der Waals surface area contributed by atoms with E-state index in [9.17, 15) is 4.79 Å². The van der Waals surface area contributed by atoms with Gasteiger partial charge in [-0.2, -0.15) is 4.98 Å². The first-order chi connectivity index (χ1) is 12.8. The molecule has 0 atom stereocenters. The standard InChI is InChI=1S/C20H21N3O3/c1-2-3-13-21-18(24)14-25-17-12-8-7-11-16(17)20-22-19(23-26-20)15-9-5-4-6-10-15/h4-12H,2-3,13-14H2,1H3,(H,21,24). The van der Waals surface area contributed by atoms with Gasteiger partial charge in [0.2, 0.25) is 5.82 Å². The summed E-state index contributed by atoms with van der Waals surface area (Å²) in [5.41, 5.74) is 1.53. The number of amides is 1. The lowest BCUT2D eigenvalue weighted by molar-refractivity contribution is -0.123. The number of aromatic nitrogens is 2. The molecule has 0 radical (unpaired) electrons. The maximum atomic E-state index is 11.8. The largest absolute Gasteiger partial charge is 0.483 e. The number of nitrogens with one attached hydrogen (secondary N) is 1. The third kappa shape index (κ3) is 4.47. The number of unbranched alkanes of at least 4 members (excludes halogenated alkanes) is 1. The first-order valence-electron chi connectivity index (χ1n) is 8.66. The Hall–Kier alpha value is -3.15. The van der Waals surface area contributed by atoms with E-state index in [0.717, 1.165) is 18.4 Å². The number of carbonyl (C=O) groups is 1. The Bertz CT molecular complexity index is 846. The molecular formula is C20H21N3O3. The quantitative estimate of drug-likeness (QED) is 0.626. The van der Waals surface area contributed by atoms with Gasteiger partial charge in [0.15, 0.2) is 6.61 Å². The van der Waals surface area contributed by atoms with Crippen LogP contribution in [0.4, 0.5) is 0 Å². The molecule has 6 heteroatoms. The highest BCUT2D eigenvalue weighted by molar-refractivity contribution is 5.78. The molecule has 1 amide bonds. The molecule has 1 N–H and O–H groups in total. The van der Waals surface area contributed by atoms with Gasteiger partial charge in [-0.05, 0) is 18.6 Å². The number of benzene rings is 2. The lowest BCUT2D eigenvalue weighted by atomic mass is 10.2. The topological polar surface area (TPSA) is 77.2 Å². The van der Waals surface area contributed by atoms with Crippen molar-refractivity contribution in [1.29, 1.82) is 0 Å². The van der Waals surface area contributed by atoms with Crippen LogP contribution in [0.25, 0.3) is 22.8 Å². The van der Waals surface area contributed by atoms with Crippen LogP contribution in [-0.4, -0.2) is 29.2 Å². The summed E-state index contributed by atoms with van der Waals surface area (Å²) in [5.74, 6) is 1.24. The number of para-hydroxylation sites is 1. The van der Waals surface area contributed by atoms with Crippen LogP contribution in [-0.2, 0) is 4.79 Å². The molecule has 3 aromatic rings. The van der Waals surface area contributed by atoms with E-state index in [0.29, 0.717) is 29.6 Å². The Morgan fingerprint density at radius 3 is 2.69 bits per heavy atom. The summed E-state index contributed by atoms with van der Waals surface area (Å²) in [6.45, 7) is 2.68. The fourth-order valence-electron chi connectivity index (χ4n) is 2.41. The van der Waals surface area contributed by atoms with Crippen molar-refractivity contribution in [3.05, 3.63) is 54.6 Å². The minimum absolute atomic E-state index is 0.0552. The smallest absolute Gasteiger partial charge is 0.262 e. The molecular weight excluding hydrogens is 330 g/mol. The van der Waals surface area contributed by atoms with E-state index in [-0.39, 0.29) is 12.5 Å². The van der Waals surface area contributed by atoms with E-state index < -0.39 is 0 Å². The fraction of sp³-hybridized carbons (Fsp3) is 0.250. The Morgan fingerprint density at radius 2 is 1.88 bits per heavy atom. The SMILES string of the molecule is CCCCNC(=O)COc1ccccc1-c1nc(-c2ccccc2)no1. The normalized spacial score (nSPS) is 10.5. The van der Waals surface area contributed by atoms with Crippen molar-refractivity contribution in [3.8, 4) is 28.6 Å². The molecule has 0 aliphatic carbocycles. The zero-order valence-corrected chi connectivity index (χ0v) is 14.6. The molecule has 0 saturated carbocycles. The molecule has 0 spiro atoms. The molecule has 26 heavy (non-hydrogen) atoms. The molecule has 0 aliphatic rings. The minimum Gasteiger partial charge on any atom is -0.483 e. The molecule has 134 valence electrons. The zero-order chi connectivity index (χ0) is 18.2. The van der Waals surface area contributed by atoms with Crippen LogP contribution < -0.4 is 10.1 Å². The van der Waals surface area contributed by atoms with Crippen LogP contribution in [0.5, 0.6) is 5.75 Å². The summed E-state index contributed by atoms with van der Waals surface area (Å²) in [6, 6.07) is 16.9. The third-order valence-electron chi connectivity index (χ3n) is 3.79. The predicted molar refractivity (Wildman–Crippen MR) is 98.6 cm³/mol. The zero-order valence-electron chi connectivity index (χ0n) is 14.6. The highest BCUT2D eigenvalue weighted by Gasteiger charge is 2.15. The third-order valence-corrected chi connectivity index (χ3v) is 3.79. The monoisotopic (exact) mass is 351 g/mol. The van der Waals surface area contributed by atoms with Gasteiger partial charge in [-0.3, -0.25) is 4.79 Å². The molecule has 0 unspecified atom stereocenters. The number of nitrogens with zero attached hydrogens (tertiary/aromatic N) is 2. The average Bonchev–Trinajstić information content (AvgIpc) is 3.17. The molecule has 1 aromatic heterocycles. The molecule has 1 heterocycles. The van der Waals surface area contributed by atoms with Crippen molar-refractivity contribution in [2.45, 2.75) is 19.8 Å². The average molecular weight is 351 g/mol. The van der Waals surface area contributed by atoms with Crippen LogP contribution >= 0.6 is 0 Å². The van der Waals surface area contributed by atoms with E-state index >= 15 is 0 Å². The lowest BCUT2D eigenvalue weighted by Gasteiger charge is -2.09. The number of rotatable bonds is 8. The Morgan fingerprint density at radius 1 is 1.12 bits per heavy atom. The molecule has 3 rings (SSSR count). The van der Waals surface area contributed by atoms with Gasteiger partial charge >= 0.3 is 0 Å². The summed E-state index contributed by atoms with van der Waals surface area (Å²) in [7, 11) is 0. The van der Waals surface area contributed by atoms with Gasteiger partial charge in [0.05, 0.1) is 5.56 Å². The molecule has 2 aromatic carbocycles. The Balaban J connectivity index is 1.71. The highest BCUT2D eigenvalue weighted by Crippen LogP contribution is 2.30. The van der Waals surface area contributed by atoms with E-state index in [1.54, 1.807) is 6.07 Å². The van der Waals surface area contributed by atoms with Crippen LogP contribution in [0.2, 0.25) is 0 Å². The fourth-order valence-corrected chi connectivity index (χ4v) is 2.41. The van der Waals surface area contributed by atoms with E-state index in [1.807, 2.05) is 48.5 Å². The van der Waals surface area contributed by atoms with Crippen molar-refractivity contribution in [2.24, 2.45) is 0 Å². The van der Waals surface area contributed by atoms with Gasteiger partial charge in [-0.1, -0.05) is 61.0 Å².